The number of nitrogens with zero attached hydrogens (tertiary/aromatic N) is 1. The Morgan fingerprint density at radius 2 is 2.12 bits per heavy atom. The van der Waals surface area contributed by atoms with Crippen LogP contribution < -0.4 is 5.56 Å². The quantitative estimate of drug-likeness (QED) is 0.847. The molecule has 1 aliphatic carbocycles. The molecule has 1 fully saturated rings. The number of sulfonamides is 1. The van der Waals surface area contributed by atoms with Crippen LogP contribution in [0, 0.1) is 5.92 Å². The lowest BCUT2D eigenvalue weighted by Crippen LogP contribution is -2.33. The summed E-state index contributed by atoms with van der Waals surface area (Å²) in [4.78, 5) is 13.5. The van der Waals surface area contributed by atoms with E-state index >= 15 is 0 Å². The van der Waals surface area contributed by atoms with E-state index < -0.39 is 10.0 Å². The molecule has 0 bridgehead atoms. The summed E-state index contributed by atoms with van der Waals surface area (Å²) < 4.78 is 26.0. The van der Waals surface area contributed by atoms with Gasteiger partial charge in [-0.1, -0.05) is 6.92 Å². The molecule has 0 aromatic carbocycles. The lowest BCUT2D eigenvalue weighted by atomic mass is 10.4. The number of nitrogens with one attached hydrogen (secondary N) is 1. The van der Waals surface area contributed by atoms with E-state index in [9.17, 15) is 13.2 Å². The van der Waals surface area contributed by atoms with Crippen molar-refractivity contribution in [3.63, 3.8) is 0 Å². The Morgan fingerprint density at radius 3 is 2.59 bits per heavy atom. The highest BCUT2D eigenvalue weighted by molar-refractivity contribution is 7.89. The third kappa shape index (κ3) is 2.76. The van der Waals surface area contributed by atoms with Crippen LogP contribution in [0.2, 0.25) is 0 Å². The van der Waals surface area contributed by atoms with Crippen LogP contribution in [0.15, 0.2) is 28.0 Å². The summed E-state index contributed by atoms with van der Waals surface area (Å²) in [6.07, 6.45) is 3.47. The first-order valence-electron chi connectivity index (χ1n) is 5.73. The van der Waals surface area contributed by atoms with Crippen molar-refractivity contribution >= 4 is 10.0 Å². The van der Waals surface area contributed by atoms with Crippen molar-refractivity contribution in [1.29, 1.82) is 0 Å². The van der Waals surface area contributed by atoms with Gasteiger partial charge in [-0.05, 0) is 24.8 Å². The van der Waals surface area contributed by atoms with Crippen molar-refractivity contribution in [2.45, 2.75) is 24.7 Å². The van der Waals surface area contributed by atoms with E-state index in [1.807, 2.05) is 6.92 Å². The van der Waals surface area contributed by atoms with Gasteiger partial charge >= 0.3 is 0 Å². The first-order chi connectivity index (χ1) is 8.04. The summed E-state index contributed by atoms with van der Waals surface area (Å²) in [7, 11) is -3.46. The van der Waals surface area contributed by atoms with Gasteiger partial charge in [0.15, 0.2) is 0 Å². The zero-order valence-electron chi connectivity index (χ0n) is 9.72. The second-order valence-corrected chi connectivity index (χ2v) is 6.23. The van der Waals surface area contributed by atoms with E-state index in [1.54, 1.807) is 0 Å². The summed E-state index contributed by atoms with van der Waals surface area (Å²) in [6, 6.07) is 2.58. The number of aromatic amines is 1. The molecule has 0 radical (unpaired) electrons. The molecule has 0 saturated heterocycles. The second-order valence-electron chi connectivity index (χ2n) is 4.29. The van der Waals surface area contributed by atoms with E-state index in [1.165, 1.54) is 22.6 Å². The van der Waals surface area contributed by atoms with E-state index in [-0.39, 0.29) is 10.5 Å². The normalized spacial score (nSPS) is 16.4. The minimum absolute atomic E-state index is 0.152. The van der Waals surface area contributed by atoms with Gasteiger partial charge in [0, 0.05) is 25.4 Å². The monoisotopic (exact) mass is 256 g/mol. The molecule has 5 nitrogen and oxygen atoms in total. The van der Waals surface area contributed by atoms with Gasteiger partial charge in [0.1, 0.15) is 0 Å². The summed E-state index contributed by atoms with van der Waals surface area (Å²) >= 11 is 0. The van der Waals surface area contributed by atoms with Crippen LogP contribution >= 0.6 is 0 Å². The van der Waals surface area contributed by atoms with Crippen LogP contribution in [0.1, 0.15) is 19.8 Å². The van der Waals surface area contributed by atoms with Gasteiger partial charge in [-0.15, -0.1) is 0 Å². The van der Waals surface area contributed by atoms with Crippen molar-refractivity contribution in [2.75, 3.05) is 13.1 Å². The predicted octanol–water partition coefficient (Wildman–Crippen LogP) is 0.795. The molecule has 0 amide bonds. The maximum atomic E-state index is 12.2. The average Bonchev–Trinajstić information content (AvgIpc) is 3.10. The Bertz CT molecular complexity index is 526. The van der Waals surface area contributed by atoms with Gasteiger partial charge in [-0.2, -0.15) is 4.31 Å². The summed E-state index contributed by atoms with van der Waals surface area (Å²) in [6.45, 7) is 2.86. The van der Waals surface area contributed by atoms with E-state index in [4.69, 9.17) is 0 Å². The predicted molar refractivity (Wildman–Crippen MR) is 64.2 cm³/mol. The summed E-state index contributed by atoms with van der Waals surface area (Å²) in [5.41, 5.74) is -0.297. The van der Waals surface area contributed by atoms with Gasteiger partial charge in [0.2, 0.25) is 15.6 Å². The molecule has 6 heteroatoms. The highest BCUT2D eigenvalue weighted by atomic mass is 32.2. The number of hydrogen-bond acceptors (Lipinski definition) is 3. The van der Waals surface area contributed by atoms with Crippen molar-refractivity contribution < 1.29 is 8.42 Å². The molecule has 0 aliphatic heterocycles. The number of H-pyrrole nitrogens is 1. The van der Waals surface area contributed by atoms with E-state index in [0.717, 1.165) is 12.8 Å². The Kier molecular flexibility index (Phi) is 3.35. The number of rotatable bonds is 5. The van der Waals surface area contributed by atoms with Crippen LogP contribution in [0.3, 0.4) is 0 Å². The molecule has 0 atom stereocenters. The lowest BCUT2D eigenvalue weighted by Gasteiger charge is -2.19. The smallest absolute Gasteiger partial charge is 0.247 e. The lowest BCUT2D eigenvalue weighted by molar-refractivity contribution is 0.412. The van der Waals surface area contributed by atoms with Crippen LogP contribution in [0.25, 0.3) is 0 Å². The molecule has 17 heavy (non-hydrogen) atoms. The molecule has 1 saturated carbocycles. The first kappa shape index (κ1) is 12.3. The van der Waals surface area contributed by atoms with Gasteiger partial charge in [-0.25, -0.2) is 8.42 Å². The van der Waals surface area contributed by atoms with E-state index in [2.05, 4.69) is 4.98 Å². The van der Waals surface area contributed by atoms with Gasteiger partial charge in [0.25, 0.3) is 0 Å². The van der Waals surface area contributed by atoms with Crippen molar-refractivity contribution in [1.82, 2.24) is 9.29 Å². The molecule has 0 spiro atoms. The van der Waals surface area contributed by atoms with Crippen molar-refractivity contribution in [3.8, 4) is 0 Å². The fraction of sp³-hybridized carbons (Fsp3) is 0.545. The largest absolute Gasteiger partial charge is 0.328 e. The van der Waals surface area contributed by atoms with Gasteiger partial charge in [0.05, 0.1) is 4.90 Å². The highest BCUT2D eigenvalue weighted by Gasteiger charge is 2.30. The van der Waals surface area contributed by atoms with Gasteiger partial charge in [-0.3, -0.25) is 4.79 Å². The van der Waals surface area contributed by atoms with Crippen LogP contribution in [0.5, 0.6) is 0 Å². The third-order valence-corrected chi connectivity index (χ3v) is 4.84. The third-order valence-electron chi connectivity index (χ3n) is 2.90. The molecule has 2 rings (SSSR count). The van der Waals surface area contributed by atoms with Gasteiger partial charge < -0.3 is 4.98 Å². The standard InChI is InChI=1S/C11H16N2O3S/c1-2-13(8-9-3-4-9)17(15,16)10-5-6-11(14)12-7-10/h5-7,9H,2-4,8H2,1H3,(H,12,14). The SMILES string of the molecule is CCN(CC1CC1)S(=O)(=O)c1ccc(=O)[nH]c1. The number of hydrogen-bond donors (Lipinski definition) is 1. The molecule has 1 aromatic heterocycles. The molecule has 94 valence electrons. The Balaban J connectivity index is 2.26. The molecule has 1 heterocycles. The van der Waals surface area contributed by atoms with Crippen LogP contribution in [-0.4, -0.2) is 30.8 Å². The maximum absolute atomic E-state index is 12.2. The van der Waals surface area contributed by atoms with Crippen LogP contribution in [0.4, 0.5) is 0 Å². The molecular weight excluding hydrogens is 240 g/mol. The molecule has 1 aliphatic rings. The number of pyridine rings is 1. The molecular formula is C11H16N2O3S. The fourth-order valence-corrected chi connectivity index (χ4v) is 3.18. The Hall–Kier alpha value is -1.14. The first-order valence-corrected chi connectivity index (χ1v) is 7.17. The Labute approximate surface area is 101 Å². The van der Waals surface area contributed by atoms with Crippen molar-refractivity contribution in [3.05, 3.63) is 28.7 Å². The zero-order valence-corrected chi connectivity index (χ0v) is 10.5. The molecule has 1 aromatic rings. The second kappa shape index (κ2) is 4.62. The molecule has 0 unspecified atom stereocenters. The summed E-state index contributed by atoms with van der Waals surface area (Å²) in [5.74, 6) is 0.507. The minimum Gasteiger partial charge on any atom is -0.328 e. The minimum atomic E-state index is -3.46. The Morgan fingerprint density at radius 1 is 1.41 bits per heavy atom. The molecule has 1 N–H and O–H groups in total. The fourth-order valence-electron chi connectivity index (χ4n) is 1.69. The zero-order chi connectivity index (χ0) is 12.5. The topological polar surface area (TPSA) is 70.2 Å². The average molecular weight is 256 g/mol. The summed E-state index contributed by atoms with van der Waals surface area (Å²) in [5, 5.41) is 0. The maximum Gasteiger partial charge on any atom is 0.247 e. The van der Waals surface area contributed by atoms with E-state index in [0.29, 0.717) is 19.0 Å². The van der Waals surface area contributed by atoms with Crippen LogP contribution in [-0.2, 0) is 10.0 Å². The number of aromatic nitrogens is 1. The van der Waals surface area contributed by atoms with Crippen molar-refractivity contribution in [2.24, 2.45) is 5.92 Å². The highest BCUT2D eigenvalue weighted by Crippen LogP contribution is 2.31.